The molecule has 1 heterocycles. The van der Waals surface area contributed by atoms with Crippen LogP contribution in [0, 0.1) is 11.3 Å². The van der Waals surface area contributed by atoms with Gasteiger partial charge in [-0.2, -0.15) is 0 Å². The maximum absolute atomic E-state index is 11.9. The molecule has 3 N–H and O–H groups in total. The fourth-order valence-electron chi connectivity index (χ4n) is 2.29. The van der Waals surface area contributed by atoms with Gasteiger partial charge in [-0.15, -0.1) is 0 Å². The largest absolute Gasteiger partial charge is 0.445 e. The van der Waals surface area contributed by atoms with E-state index < -0.39 is 0 Å². The summed E-state index contributed by atoms with van der Waals surface area (Å²) in [5, 5.41) is 7.27. The molecule has 0 aliphatic carbocycles. The van der Waals surface area contributed by atoms with Crippen LogP contribution in [0.25, 0.3) is 0 Å². The number of rotatable bonds is 4. The van der Waals surface area contributed by atoms with Crippen molar-refractivity contribution in [3.05, 3.63) is 35.9 Å². The third-order valence-corrected chi connectivity index (χ3v) is 3.26. The van der Waals surface area contributed by atoms with Gasteiger partial charge in [0.2, 0.25) is 0 Å². The van der Waals surface area contributed by atoms with Gasteiger partial charge < -0.3 is 15.4 Å². The van der Waals surface area contributed by atoms with Gasteiger partial charge in [0.15, 0.2) is 0 Å². The van der Waals surface area contributed by atoms with E-state index in [0.717, 1.165) is 12.0 Å². The molecule has 0 aromatic heterocycles. The predicted octanol–water partition coefficient (Wildman–Crippen LogP) is 1.97. The number of benzene rings is 1. The summed E-state index contributed by atoms with van der Waals surface area (Å²) in [6, 6.07) is 9.62. The van der Waals surface area contributed by atoms with E-state index in [1.807, 2.05) is 30.3 Å². The van der Waals surface area contributed by atoms with Crippen molar-refractivity contribution in [2.24, 2.45) is 11.7 Å². The third kappa shape index (κ3) is 3.98. The van der Waals surface area contributed by atoms with E-state index in [0.29, 0.717) is 32.0 Å². The fraction of sp³-hybridized carbons (Fsp3) is 0.429. The highest BCUT2D eigenvalue weighted by atomic mass is 16.6. The molecule has 5 nitrogen and oxygen atoms in total. The van der Waals surface area contributed by atoms with Crippen LogP contribution < -0.4 is 5.73 Å². The highest BCUT2D eigenvalue weighted by Gasteiger charge is 2.27. The van der Waals surface area contributed by atoms with Crippen LogP contribution in [0.15, 0.2) is 30.3 Å². The lowest BCUT2D eigenvalue weighted by atomic mass is 10.1. The molecule has 0 spiro atoms. The van der Waals surface area contributed by atoms with Crippen LogP contribution in [0.2, 0.25) is 0 Å². The third-order valence-electron chi connectivity index (χ3n) is 3.26. The number of nitrogens with two attached hydrogens (primary N) is 1. The highest BCUT2D eigenvalue weighted by Crippen LogP contribution is 2.20. The van der Waals surface area contributed by atoms with Gasteiger partial charge in [0.05, 0.1) is 5.84 Å². The Balaban J connectivity index is 1.77. The van der Waals surface area contributed by atoms with Gasteiger partial charge in [0.1, 0.15) is 6.61 Å². The second-order valence-electron chi connectivity index (χ2n) is 4.87. The zero-order chi connectivity index (χ0) is 13.7. The number of ether oxygens (including phenoxy) is 1. The maximum Gasteiger partial charge on any atom is 0.410 e. The molecule has 1 amide bonds. The van der Waals surface area contributed by atoms with Crippen molar-refractivity contribution in [1.82, 2.24) is 4.90 Å². The lowest BCUT2D eigenvalue weighted by Gasteiger charge is -2.16. The Morgan fingerprint density at radius 2 is 2.16 bits per heavy atom. The van der Waals surface area contributed by atoms with Crippen molar-refractivity contribution < 1.29 is 9.53 Å². The van der Waals surface area contributed by atoms with Crippen molar-refractivity contribution in [2.45, 2.75) is 19.4 Å². The number of carbonyl (C=O) groups excluding carboxylic acids is 1. The van der Waals surface area contributed by atoms with Crippen LogP contribution >= 0.6 is 0 Å². The van der Waals surface area contributed by atoms with Gasteiger partial charge in [-0.3, -0.25) is 5.41 Å². The molecule has 0 radical (unpaired) electrons. The van der Waals surface area contributed by atoms with Crippen LogP contribution in [-0.2, 0) is 11.3 Å². The highest BCUT2D eigenvalue weighted by molar-refractivity contribution is 5.77. The van der Waals surface area contributed by atoms with Crippen molar-refractivity contribution >= 4 is 11.9 Å². The number of nitrogens with one attached hydrogen (secondary N) is 1. The van der Waals surface area contributed by atoms with E-state index in [1.54, 1.807) is 4.90 Å². The molecule has 1 aliphatic heterocycles. The molecule has 0 saturated carbocycles. The van der Waals surface area contributed by atoms with Crippen molar-refractivity contribution in [3.63, 3.8) is 0 Å². The first kappa shape index (κ1) is 13.4. The average molecular weight is 261 g/mol. The molecule has 1 unspecified atom stereocenters. The van der Waals surface area contributed by atoms with Crippen LogP contribution in [0.1, 0.15) is 18.4 Å². The SMILES string of the molecule is N=C(N)CC1CCN(C(=O)OCc2ccccc2)C1. The minimum absolute atomic E-state index is 0.185. The van der Waals surface area contributed by atoms with Gasteiger partial charge in [-0.25, -0.2) is 4.79 Å². The quantitative estimate of drug-likeness (QED) is 0.642. The number of amides is 1. The van der Waals surface area contributed by atoms with Gasteiger partial charge in [-0.05, 0) is 17.9 Å². The van der Waals surface area contributed by atoms with Gasteiger partial charge in [0, 0.05) is 19.5 Å². The Morgan fingerprint density at radius 3 is 2.84 bits per heavy atom. The molecule has 1 aliphatic rings. The van der Waals surface area contributed by atoms with E-state index in [-0.39, 0.29) is 11.9 Å². The topological polar surface area (TPSA) is 79.4 Å². The second-order valence-corrected chi connectivity index (χ2v) is 4.87. The first-order valence-corrected chi connectivity index (χ1v) is 6.43. The summed E-state index contributed by atoms with van der Waals surface area (Å²) < 4.78 is 5.27. The van der Waals surface area contributed by atoms with Crippen molar-refractivity contribution in [1.29, 1.82) is 5.41 Å². The molecule has 0 bridgehead atoms. The second kappa shape index (κ2) is 6.22. The molecule has 2 rings (SSSR count). The summed E-state index contributed by atoms with van der Waals surface area (Å²) in [4.78, 5) is 13.6. The average Bonchev–Trinajstić information content (AvgIpc) is 2.85. The van der Waals surface area contributed by atoms with E-state index in [9.17, 15) is 4.79 Å². The Labute approximate surface area is 112 Å². The molecule has 1 aromatic carbocycles. The monoisotopic (exact) mass is 261 g/mol. The zero-order valence-corrected chi connectivity index (χ0v) is 10.8. The Hall–Kier alpha value is -2.04. The number of hydrogen-bond acceptors (Lipinski definition) is 3. The summed E-state index contributed by atoms with van der Waals surface area (Å²) in [6.45, 7) is 1.62. The first-order valence-electron chi connectivity index (χ1n) is 6.43. The number of carbonyl (C=O) groups is 1. The molecule has 102 valence electrons. The van der Waals surface area contributed by atoms with Crippen LogP contribution in [0.4, 0.5) is 4.79 Å². The first-order chi connectivity index (χ1) is 9.15. The van der Waals surface area contributed by atoms with Gasteiger partial charge >= 0.3 is 6.09 Å². The summed E-state index contributed by atoms with van der Waals surface area (Å²) >= 11 is 0. The standard InChI is InChI=1S/C14H19N3O2/c15-13(16)8-12-6-7-17(9-12)14(18)19-10-11-4-2-1-3-5-11/h1-5,12H,6-10H2,(H3,15,16). The summed E-state index contributed by atoms with van der Waals surface area (Å²) in [7, 11) is 0. The van der Waals surface area contributed by atoms with Crippen molar-refractivity contribution in [3.8, 4) is 0 Å². The smallest absolute Gasteiger partial charge is 0.410 e. The van der Waals surface area contributed by atoms with Crippen LogP contribution in [-0.4, -0.2) is 29.9 Å². The zero-order valence-electron chi connectivity index (χ0n) is 10.8. The normalized spacial score (nSPS) is 18.3. The van der Waals surface area contributed by atoms with Crippen molar-refractivity contribution in [2.75, 3.05) is 13.1 Å². The van der Waals surface area contributed by atoms with E-state index in [1.165, 1.54) is 0 Å². The van der Waals surface area contributed by atoms with Gasteiger partial charge in [0.25, 0.3) is 0 Å². The maximum atomic E-state index is 11.9. The minimum Gasteiger partial charge on any atom is -0.445 e. The van der Waals surface area contributed by atoms with E-state index in [2.05, 4.69) is 0 Å². The molecule has 1 saturated heterocycles. The fourth-order valence-corrected chi connectivity index (χ4v) is 2.29. The number of hydrogen-bond donors (Lipinski definition) is 2. The Morgan fingerprint density at radius 1 is 1.42 bits per heavy atom. The predicted molar refractivity (Wildman–Crippen MR) is 72.8 cm³/mol. The number of likely N-dealkylation sites (tertiary alicyclic amines) is 1. The summed E-state index contributed by atoms with van der Waals surface area (Å²) in [5.74, 6) is 0.478. The molecule has 1 aromatic rings. The molecule has 19 heavy (non-hydrogen) atoms. The van der Waals surface area contributed by atoms with Gasteiger partial charge in [-0.1, -0.05) is 30.3 Å². The molecule has 1 atom stereocenters. The molecular weight excluding hydrogens is 242 g/mol. The van der Waals surface area contributed by atoms with E-state index >= 15 is 0 Å². The molecule has 5 heteroatoms. The summed E-state index contributed by atoms with van der Waals surface area (Å²) in [5.41, 5.74) is 6.36. The van der Waals surface area contributed by atoms with E-state index in [4.69, 9.17) is 15.9 Å². The lowest BCUT2D eigenvalue weighted by Crippen LogP contribution is -2.29. The number of amidine groups is 1. The Bertz CT molecular complexity index is 447. The Kier molecular flexibility index (Phi) is 4.39. The van der Waals surface area contributed by atoms with Crippen LogP contribution in [0.3, 0.4) is 0 Å². The number of nitrogens with zero attached hydrogens (tertiary/aromatic N) is 1. The molecular formula is C14H19N3O2. The molecule has 1 fully saturated rings. The minimum atomic E-state index is -0.282. The lowest BCUT2D eigenvalue weighted by molar-refractivity contribution is 0.103. The van der Waals surface area contributed by atoms with Crippen LogP contribution in [0.5, 0.6) is 0 Å². The summed E-state index contributed by atoms with van der Waals surface area (Å²) in [6.07, 6.45) is 1.16.